The molecule has 1 aromatic heterocycles. The van der Waals surface area contributed by atoms with Crippen molar-refractivity contribution in [2.75, 3.05) is 11.9 Å². The molecule has 0 aliphatic heterocycles. The summed E-state index contributed by atoms with van der Waals surface area (Å²) in [5.74, 6) is -3.56. The van der Waals surface area contributed by atoms with Crippen molar-refractivity contribution in [2.24, 2.45) is 0 Å². The molecule has 4 aromatic rings. The van der Waals surface area contributed by atoms with Gasteiger partial charge in [-0.15, -0.1) is 11.3 Å². The van der Waals surface area contributed by atoms with Crippen molar-refractivity contribution in [1.29, 1.82) is 0 Å². The monoisotopic (exact) mass is 562 g/mol. The molecule has 0 aliphatic rings. The maximum atomic E-state index is 14.2. The predicted octanol–water partition coefficient (Wildman–Crippen LogP) is 4.28. The number of aromatic nitrogens is 1. The maximum absolute atomic E-state index is 14.2. The fourth-order valence-electron chi connectivity index (χ4n) is 3.77. The first-order valence-corrected chi connectivity index (χ1v) is 13.4. The van der Waals surface area contributed by atoms with Crippen molar-refractivity contribution in [2.45, 2.75) is 24.3 Å². The maximum Gasteiger partial charge on any atom is 0.329 e. The third kappa shape index (κ3) is 6.11. The molecule has 13 heteroatoms. The lowest BCUT2D eigenvalue weighted by Crippen LogP contribution is -2.52. The molecule has 8 nitrogen and oxygen atoms in total. The van der Waals surface area contributed by atoms with E-state index in [-0.39, 0.29) is 12.0 Å². The Balaban J connectivity index is 1.60. The summed E-state index contributed by atoms with van der Waals surface area (Å²) in [6.45, 7) is 1.56. The number of likely N-dealkylation sites (N-methyl/N-ethyl adjacent to an activating group) is 1. The van der Waals surface area contributed by atoms with E-state index in [9.17, 15) is 31.2 Å². The van der Waals surface area contributed by atoms with Crippen LogP contribution in [0.25, 0.3) is 10.2 Å². The second kappa shape index (κ2) is 10.8. The molecule has 4 rings (SSSR count). The molecule has 0 spiro atoms. The van der Waals surface area contributed by atoms with Crippen LogP contribution < -0.4 is 14.9 Å². The van der Waals surface area contributed by atoms with Crippen LogP contribution in [-0.2, 0) is 21.2 Å². The molecule has 0 saturated heterocycles. The van der Waals surface area contributed by atoms with E-state index in [4.69, 9.17) is 0 Å². The van der Waals surface area contributed by atoms with Crippen molar-refractivity contribution >= 4 is 49.2 Å². The van der Waals surface area contributed by atoms with Crippen LogP contribution in [0, 0.1) is 24.4 Å². The fraction of sp³-hybridized carbons (Fsp3) is 0.160. The van der Waals surface area contributed by atoms with Gasteiger partial charge in [0.05, 0.1) is 15.7 Å². The van der Waals surface area contributed by atoms with Crippen LogP contribution in [0.5, 0.6) is 0 Å². The number of nitrogens with one attached hydrogen (secondary N) is 2. The van der Waals surface area contributed by atoms with Crippen molar-refractivity contribution in [3.8, 4) is 0 Å². The first-order chi connectivity index (χ1) is 17.9. The number of urea groups is 1. The van der Waals surface area contributed by atoms with E-state index < -0.39 is 50.4 Å². The standard InChI is InChI=1S/C25H21F3N4O4S2/c1-14-3-6-23(19(28)7-14)38(35,36)31-25(34)30-21(10-15-8-16(26)11-17(27)9-15)24(33)32(2)18-4-5-22-20(12-18)29-13-37-22/h3-9,11-13,21H,10H2,1-2H3,(H2,30,31,34)/t21-/m0/s1. The highest BCUT2D eigenvalue weighted by atomic mass is 32.2. The number of hydrogen-bond donors (Lipinski definition) is 2. The Morgan fingerprint density at radius 3 is 2.42 bits per heavy atom. The predicted molar refractivity (Wildman–Crippen MR) is 137 cm³/mol. The number of aryl methyl sites for hydroxylation is 1. The average molecular weight is 563 g/mol. The molecule has 0 saturated carbocycles. The lowest BCUT2D eigenvalue weighted by Gasteiger charge is -2.25. The Hall–Kier alpha value is -3.97. The molecule has 3 amide bonds. The Labute approximate surface area is 220 Å². The highest BCUT2D eigenvalue weighted by molar-refractivity contribution is 7.90. The van der Waals surface area contributed by atoms with Gasteiger partial charge in [-0.1, -0.05) is 6.07 Å². The molecule has 1 heterocycles. The molecule has 0 unspecified atom stereocenters. The van der Waals surface area contributed by atoms with Crippen LogP contribution in [0.15, 0.2) is 65.0 Å². The normalized spacial score (nSPS) is 12.2. The van der Waals surface area contributed by atoms with Gasteiger partial charge >= 0.3 is 6.03 Å². The smallest absolute Gasteiger partial charge is 0.325 e. The molecule has 0 radical (unpaired) electrons. The van der Waals surface area contributed by atoms with Gasteiger partial charge in [0.15, 0.2) is 0 Å². The lowest BCUT2D eigenvalue weighted by atomic mass is 10.0. The quantitative estimate of drug-likeness (QED) is 0.350. The van der Waals surface area contributed by atoms with Crippen molar-refractivity contribution in [3.05, 3.63) is 88.7 Å². The van der Waals surface area contributed by atoms with Crippen molar-refractivity contribution in [3.63, 3.8) is 0 Å². The first kappa shape index (κ1) is 27.1. The van der Waals surface area contributed by atoms with Gasteiger partial charge < -0.3 is 10.2 Å². The highest BCUT2D eigenvalue weighted by Crippen LogP contribution is 2.24. The second-order valence-electron chi connectivity index (χ2n) is 8.45. The van der Waals surface area contributed by atoms with Crippen LogP contribution in [0.3, 0.4) is 0 Å². The van der Waals surface area contributed by atoms with Gasteiger partial charge in [0.2, 0.25) is 5.91 Å². The largest absolute Gasteiger partial charge is 0.329 e. The van der Waals surface area contributed by atoms with Crippen molar-refractivity contribution < 1.29 is 31.2 Å². The fourth-order valence-corrected chi connectivity index (χ4v) is 5.40. The first-order valence-electron chi connectivity index (χ1n) is 11.1. The summed E-state index contributed by atoms with van der Waals surface area (Å²) in [5, 5.41) is 2.24. The number of halogens is 3. The van der Waals surface area contributed by atoms with Crippen LogP contribution in [0.2, 0.25) is 0 Å². The number of amides is 3. The van der Waals surface area contributed by atoms with Gasteiger partial charge in [0, 0.05) is 25.2 Å². The van der Waals surface area contributed by atoms with Gasteiger partial charge in [-0.2, -0.15) is 0 Å². The van der Waals surface area contributed by atoms with E-state index in [1.807, 2.05) is 0 Å². The molecular weight excluding hydrogens is 541 g/mol. The zero-order valence-corrected chi connectivity index (χ0v) is 21.7. The molecule has 198 valence electrons. The minimum Gasteiger partial charge on any atom is -0.325 e. The Morgan fingerprint density at radius 1 is 1.03 bits per heavy atom. The number of carbonyl (C=O) groups excluding carboxylic acids is 2. The van der Waals surface area contributed by atoms with Crippen LogP contribution in [0.4, 0.5) is 23.7 Å². The lowest BCUT2D eigenvalue weighted by molar-refractivity contribution is -0.120. The summed E-state index contributed by atoms with van der Waals surface area (Å²) in [4.78, 5) is 30.8. The topological polar surface area (TPSA) is 108 Å². The molecule has 3 aromatic carbocycles. The SMILES string of the molecule is Cc1ccc(S(=O)(=O)NC(=O)N[C@@H](Cc2cc(F)cc(F)c2)C(=O)N(C)c2ccc3scnc3c2)c(F)c1. The molecule has 0 bridgehead atoms. The van der Waals surface area contributed by atoms with Gasteiger partial charge in [0.25, 0.3) is 10.0 Å². The van der Waals surface area contributed by atoms with E-state index in [2.05, 4.69) is 10.3 Å². The highest BCUT2D eigenvalue weighted by Gasteiger charge is 2.29. The molecule has 2 N–H and O–H groups in total. The van der Waals surface area contributed by atoms with E-state index in [1.165, 1.54) is 29.4 Å². The van der Waals surface area contributed by atoms with Gasteiger partial charge in [-0.3, -0.25) is 4.79 Å². The van der Waals surface area contributed by atoms with Gasteiger partial charge in [-0.25, -0.2) is 36.1 Å². The molecule has 1 atom stereocenters. The summed E-state index contributed by atoms with van der Waals surface area (Å²) in [6.07, 6.45) is -0.372. The number of fused-ring (bicyclic) bond motifs is 1. The minimum atomic E-state index is -4.64. The van der Waals surface area contributed by atoms with E-state index >= 15 is 0 Å². The second-order valence-corrected chi connectivity index (χ2v) is 11.0. The van der Waals surface area contributed by atoms with Crippen molar-refractivity contribution in [1.82, 2.24) is 15.0 Å². The summed E-state index contributed by atoms with van der Waals surface area (Å²) in [6, 6.07) is 8.25. The molecule has 38 heavy (non-hydrogen) atoms. The molecular formula is C25H21F3N4O4S2. The Kier molecular flexibility index (Phi) is 7.69. The zero-order valence-electron chi connectivity index (χ0n) is 20.0. The number of hydrogen-bond acceptors (Lipinski definition) is 6. The molecule has 0 aliphatic carbocycles. The number of nitrogens with zero attached hydrogens (tertiary/aromatic N) is 2. The summed E-state index contributed by atoms with van der Waals surface area (Å²) < 4.78 is 69.6. The number of thiazole rings is 1. The summed E-state index contributed by atoms with van der Waals surface area (Å²) in [7, 11) is -3.22. The Morgan fingerprint density at radius 2 is 1.74 bits per heavy atom. The minimum absolute atomic E-state index is 0.0388. The summed E-state index contributed by atoms with van der Waals surface area (Å²) in [5.41, 5.74) is 3.20. The number of sulfonamides is 1. The molecule has 0 fully saturated rings. The van der Waals surface area contributed by atoms with E-state index in [0.717, 1.165) is 29.0 Å². The third-order valence-corrected chi connectivity index (χ3v) is 7.78. The van der Waals surface area contributed by atoms with Gasteiger partial charge in [0.1, 0.15) is 28.4 Å². The third-order valence-electron chi connectivity index (χ3n) is 5.60. The van der Waals surface area contributed by atoms with E-state index in [0.29, 0.717) is 22.8 Å². The number of rotatable bonds is 7. The van der Waals surface area contributed by atoms with Crippen LogP contribution in [0.1, 0.15) is 11.1 Å². The number of anilines is 1. The van der Waals surface area contributed by atoms with Crippen LogP contribution >= 0.6 is 11.3 Å². The zero-order chi connectivity index (χ0) is 27.6. The van der Waals surface area contributed by atoms with Crippen LogP contribution in [-0.4, -0.2) is 38.4 Å². The Bertz CT molecular complexity index is 1620. The summed E-state index contributed by atoms with van der Waals surface area (Å²) >= 11 is 1.41. The average Bonchev–Trinajstić information content (AvgIpc) is 3.29. The number of benzene rings is 3. The van der Waals surface area contributed by atoms with E-state index in [1.54, 1.807) is 35.4 Å². The van der Waals surface area contributed by atoms with Gasteiger partial charge in [-0.05, 0) is 60.5 Å². The number of carbonyl (C=O) groups is 2.